The molecule has 1 unspecified atom stereocenters. The molecule has 0 aromatic carbocycles. The van der Waals surface area contributed by atoms with Crippen LogP contribution >= 0.6 is 0 Å². The van der Waals surface area contributed by atoms with Crippen LogP contribution in [0.15, 0.2) is 0 Å². The van der Waals surface area contributed by atoms with Gasteiger partial charge in [-0.05, 0) is 13.8 Å². The number of rotatable bonds is 4. The van der Waals surface area contributed by atoms with Crippen molar-refractivity contribution in [3.8, 4) is 0 Å². The lowest BCUT2D eigenvalue weighted by Crippen LogP contribution is -2.62. The number of carbonyl (C=O) groups excluding carboxylic acids is 3. The van der Waals surface area contributed by atoms with E-state index in [1.807, 2.05) is 0 Å². The molecule has 0 saturated carbocycles. The second kappa shape index (κ2) is 5.76. The summed E-state index contributed by atoms with van der Waals surface area (Å²) in [6, 6.07) is -1.86. The molecule has 9 heteroatoms. The summed E-state index contributed by atoms with van der Waals surface area (Å²) in [7, 11) is 0. The topological polar surface area (TPSA) is 142 Å². The van der Waals surface area contributed by atoms with Gasteiger partial charge in [0.15, 0.2) is 0 Å². The van der Waals surface area contributed by atoms with Crippen molar-refractivity contribution >= 4 is 23.8 Å². The summed E-state index contributed by atoms with van der Waals surface area (Å²) in [5.41, 5.74) is 4.20. The third-order valence-corrected chi connectivity index (χ3v) is 3.08. The van der Waals surface area contributed by atoms with Crippen molar-refractivity contribution < 1.29 is 24.3 Å². The predicted octanol–water partition coefficient (Wildman–Crippen LogP) is -1.91. The summed E-state index contributed by atoms with van der Waals surface area (Å²) >= 11 is 0. The van der Waals surface area contributed by atoms with E-state index in [9.17, 15) is 19.2 Å². The monoisotopic (exact) mass is 286 g/mol. The van der Waals surface area contributed by atoms with Gasteiger partial charge in [0.1, 0.15) is 12.6 Å². The molecule has 0 bridgehead atoms. The highest BCUT2D eigenvalue weighted by molar-refractivity contribution is 5.90. The molecule has 1 aliphatic heterocycles. The zero-order valence-corrected chi connectivity index (χ0v) is 11.3. The summed E-state index contributed by atoms with van der Waals surface area (Å²) in [4.78, 5) is 46.3. The Hall–Kier alpha value is -2.32. The van der Waals surface area contributed by atoms with Gasteiger partial charge in [-0.15, -0.1) is 0 Å². The molecule has 0 aromatic heterocycles. The third-order valence-electron chi connectivity index (χ3n) is 3.08. The lowest BCUT2D eigenvalue weighted by molar-refractivity contribution is -0.144. The van der Waals surface area contributed by atoms with E-state index in [4.69, 9.17) is 10.8 Å². The molecule has 20 heavy (non-hydrogen) atoms. The maximum atomic E-state index is 11.9. The van der Waals surface area contributed by atoms with Crippen molar-refractivity contribution in [2.45, 2.75) is 19.9 Å². The van der Waals surface area contributed by atoms with Crippen LogP contribution in [0, 0.1) is 5.41 Å². The number of piperazine rings is 1. The van der Waals surface area contributed by atoms with Gasteiger partial charge in [-0.2, -0.15) is 0 Å². The zero-order chi connectivity index (χ0) is 15.5. The van der Waals surface area contributed by atoms with E-state index in [0.717, 1.165) is 4.90 Å². The number of carboxylic acids is 1. The van der Waals surface area contributed by atoms with Crippen LogP contribution in [-0.2, 0) is 14.4 Å². The van der Waals surface area contributed by atoms with Crippen LogP contribution in [0.25, 0.3) is 0 Å². The van der Waals surface area contributed by atoms with Gasteiger partial charge in [0.2, 0.25) is 11.8 Å². The Morgan fingerprint density at radius 2 is 2.10 bits per heavy atom. The Balaban J connectivity index is 2.71. The molecular weight excluding hydrogens is 268 g/mol. The largest absolute Gasteiger partial charge is 0.480 e. The van der Waals surface area contributed by atoms with Crippen LogP contribution in [0.4, 0.5) is 4.79 Å². The summed E-state index contributed by atoms with van der Waals surface area (Å²) < 4.78 is 0. The number of aliphatic carboxylic acids is 1. The highest BCUT2D eigenvalue weighted by Crippen LogP contribution is 2.12. The van der Waals surface area contributed by atoms with Crippen molar-refractivity contribution in [2.24, 2.45) is 11.1 Å². The molecule has 5 N–H and O–H groups in total. The first-order valence-corrected chi connectivity index (χ1v) is 5.99. The van der Waals surface area contributed by atoms with E-state index in [1.165, 1.54) is 0 Å². The molecular formula is C11H18N4O5. The summed E-state index contributed by atoms with van der Waals surface area (Å²) in [6.07, 6.45) is 0. The second-order valence-corrected chi connectivity index (χ2v) is 5.19. The number of hydrogen-bond acceptors (Lipinski definition) is 4. The third kappa shape index (κ3) is 3.59. The number of nitrogens with two attached hydrogens (primary N) is 1. The maximum Gasteiger partial charge on any atom is 0.328 e. The Bertz CT molecular complexity index is 448. The van der Waals surface area contributed by atoms with Crippen molar-refractivity contribution in [3.63, 3.8) is 0 Å². The highest BCUT2D eigenvalue weighted by Gasteiger charge is 2.36. The molecule has 1 heterocycles. The quantitative estimate of drug-likeness (QED) is 0.477. The van der Waals surface area contributed by atoms with Crippen molar-refractivity contribution in [2.75, 3.05) is 19.6 Å². The molecule has 1 rings (SSSR count). The van der Waals surface area contributed by atoms with Gasteiger partial charge < -0.3 is 21.5 Å². The summed E-state index contributed by atoms with van der Waals surface area (Å²) in [5.74, 6) is -2.25. The van der Waals surface area contributed by atoms with Gasteiger partial charge in [0, 0.05) is 13.1 Å². The number of amides is 4. The first-order valence-electron chi connectivity index (χ1n) is 5.99. The SMILES string of the molecule is CC(C)(CNC(=O)N1CC(=O)NCC1C(=O)O)C(N)=O. The van der Waals surface area contributed by atoms with Gasteiger partial charge in [-0.3, -0.25) is 14.5 Å². The molecule has 0 aliphatic carbocycles. The highest BCUT2D eigenvalue weighted by atomic mass is 16.4. The standard InChI is InChI=1S/C11H18N4O5/c1-11(2,9(12)19)5-14-10(20)15-4-7(16)13-3-6(15)8(17)18/h6H,3-5H2,1-2H3,(H2,12,19)(H,13,16)(H,14,20)(H,17,18). The molecule has 4 amide bonds. The number of nitrogens with zero attached hydrogens (tertiary/aromatic N) is 1. The minimum Gasteiger partial charge on any atom is -0.480 e. The normalized spacial score (nSPS) is 19.2. The van der Waals surface area contributed by atoms with Crippen LogP contribution < -0.4 is 16.4 Å². The number of hydrogen-bond donors (Lipinski definition) is 4. The van der Waals surface area contributed by atoms with Crippen molar-refractivity contribution in [1.82, 2.24) is 15.5 Å². The van der Waals surface area contributed by atoms with Gasteiger partial charge in [0.25, 0.3) is 0 Å². The molecule has 0 radical (unpaired) electrons. The van der Waals surface area contributed by atoms with E-state index >= 15 is 0 Å². The average molecular weight is 286 g/mol. The van der Waals surface area contributed by atoms with Crippen LogP contribution in [0.2, 0.25) is 0 Å². The van der Waals surface area contributed by atoms with Crippen LogP contribution in [0.5, 0.6) is 0 Å². The molecule has 1 aliphatic rings. The van der Waals surface area contributed by atoms with Crippen LogP contribution in [0.1, 0.15) is 13.8 Å². The Labute approximate surface area is 115 Å². The fraction of sp³-hybridized carbons (Fsp3) is 0.636. The molecule has 112 valence electrons. The maximum absolute atomic E-state index is 11.9. The number of urea groups is 1. The van der Waals surface area contributed by atoms with E-state index < -0.39 is 35.3 Å². The van der Waals surface area contributed by atoms with Crippen LogP contribution in [0.3, 0.4) is 0 Å². The number of primary amides is 1. The number of nitrogens with one attached hydrogen (secondary N) is 2. The molecule has 1 fully saturated rings. The molecule has 9 nitrogen and oxygen atoms in total. The van der Waals surface area contributed by atoms with E-state index in [1.54, 1.807) is 13.8 Å². The Morgan fingerprint density at radius 1 is 1.50 bits per heavy atom. The smallest absolute Gasteiger partial charge is 0.328 e. The Morgan fingerprint density at radius 3 is 2.60 bits per heavy atom. The van der Waals surface area contributed by atoms with E-state index in [0.29, 0.717) is 0 Å². The second-order valence-electron chi connectivity index (χ2n) is 5.19. The molecule has 1 saturated heterocycles. The summed E-state index contributed by atoms with van der Waals surface area (Å²) in [6.45, 7) is 2.55. The van der Waals surface area contributed by atoms with Gasteiger partial charge >= 0.3 is 12.0 Å². The minimum absolute atomic E-state index is 0.0500. The first-order chi connectivity index (χ1) is 9.15. The Kier molecular flexibility index (Phi) is 4.53. The fourth-order valence-electron chi connectivity index (χ4n) is 1.56. The van der Waals surface area contributed by atoms with Gasteiger partial charge in [-0.1, -0.05) is 0 Å². The zero-order valence-electron chi connectivity index (χ0n) is 11.3. The number of carbonyl (C=O) groups is 4. The molecule has 1 atom stereocenters. The molecule has 0 aromatic rings. The first kappa shape index (κ1) is 15.7. The lowest BCUT2D eigenvalue weighted by atomic mass is 9.93. The van der Waals surface area contributed by atoms with Crippen LogP contribution in [-0.4, -0.2) is 59.5 Å². The average Bonchev–Trinajstić information content (AvgIpc) is 2.35. The van der Waals surface area contributed by atoms with Gasteiger partial charge in [-0.25, -0.2) is 9.59 Å². The molecule has 0 spiro atoms. The van der Waals surface area contributed by atoms with Crippen molar-refractivity contribution in [3.05, 3.63) is 0 Å². The van der Waals surface area contributed by atoms with E-state index in [-0.39, 0.29) is 19.6 Å². The van der Waals surface area contributed by atoms with Gasteiger partial charge in [0.05, 0.1) is 5.41 Å². The predicted molar refractivity (Wildman–Crippen MR) is 67.5 cm³/mol. The lowest BCUT2D eigenvalue weighted by Gasteiger charge is -2.33. The fourth-order valence-corrected chi connectivity index (χ4v) is 1.56. The van der Waals surface area contributed by atoms with Crippen molar-refractivity contribution in [1.29, 1.82) is 0 Å². The van der Waals surface area contributed by atoms with E-state index in [2.05, 4.69) is 10.6 Å². The summed E-state index contributed by atoms with van der Waals surface area (Å²) in [5, 5.41) is 13.8. The number of carboxylic acid groups (broad SMARTS) is 1. The minimum atomic E-state index is -1.21.